The Labute approximate surface area is 116 Å². The predicted octanol–water partition coefficient (Wildman–Crippen LogP) is 0.845. The highest BCUT2D eigenvalue weighted by Gasteiger charge is 2.28. The van der Waals surface area contributed by atoms with E-state index in [1.807, 2.05) is 0 Å². The zero-order chi connectivity index (χ0) is 14.8. The maximum absolute atomic E-state index is 11.4. The molecule has 1 aromatic heterocycles. The Balaban J connectivity index is 2.10. The van der Waals surface area contributed by atoms with Gasteiger partial charge in [0.05, 0.1) is 23.5 Å². The number of nitrogens with one attached hydrogen (secondary N) is 1. The number of aromatic nitrogens is 1. The molecule has 1 N–H and O–H groups in total. The highest BCUT2D eigenvalue weighted by Crippen LogP contribution is 2.26. The molecule has 0 aromatic carbocycles. The number of sulfone groups is 1. The molecule has 0 radical (unpaired) electrons. The van der Waals surface area contributed by atoms with Crippen LogP contribution in [0.3, 0.4) is 0 Å². The molecular formula is C11H15N3O5S. The van der Waals surface area contributed by atoms with Gasteiger partial charge in [-0.15, -0.1) is 0 Å². The molecule has 20 heavy (non-hydrogen) atoms. The van der Waals surface area contributed by atoms with Gasteiger partial charge in [-0.1, -0.05) is 0 Å². The van der Waals surface area contributed by atoms with Crippen LogP contribution < -0.4 is 10.1 Å². The first-order valence-electron chi connectivity index (χ1n) is 6.05. The first-order chi connectivity index (χ1) is 9.41. The van der Waals surface area contributed by atoms with Gasteiger partial charge in [0.15, 0.2) is 9.84 Å². The van der Waals surface area contributed by atoms with Crippen LogP contribution in [-0.4, -0.2) is 43.5 Å². The minimum Gasteiger partial charge on any atom is -0.481 e. The second-order valence-corrected chi connectivity index (χ2v) is 6.86. The summed E-state index contributed by atoms with van der Waals surface area (Å²) in [5.41, 5.74) is -0.161. The van der Waals surface area contributed by atoms with Crippen molar-refractivity contribution < 1.29 is 18.1 Å². The van der Waals surface area contributed by atoms with Crippen LogP contribution in [0.5, 0.6) is 5.88 Å². The van der Waals surface area contributed by atoms with Gasteiger partial charge >= 0.3 is 5.69 Å². The lowest BCUT2D eigenvalue weighted by Gasteiger charge is -2.11. The Morgan fingerprint density at radius 1 is 1.55 bits per heavy atom. The summed E-state index contributed by atoms with van der Waals surface area (Å²) in [5, 5.41) is 13.8. The van der Waals surface area contributed by atoms with Gasteiger partial charge in [-0.2, -0.15) is 4.98 Å². The van der Waals surface area contributed by atoms with Gasteiger partial charge in [-0.3, -0.25) is 10.1 Å². The molecule has 1 atom stereocenters. The molecule has 2 rings (SSSR count). The van der Waals surface area contributed by atoms with Gasteiger partial charge in [0.25, 0.3) is 0 Å². The SMILES string of the molecule is COc1ccc([N+](=O)[O-])c(NCC2CCS(=O)(=O)C2)n1. The zero-order valence-electron chi connectivity index (χ0n) is 10.9. The molecule has 0 bridgehead atoms. The van der Waals surface area contributed by atoms with Crippen LogP contribution >= 0.6 is 0 Å². The number of hydrogen-bond acceptors (Lipinski definition) is 7. The van der Waals surface area contributed by atoms with Crippen molar-refractivity contribution in [2.24, 2.45) is 5.92 Å². The molecule has 1 saturated heterocycles. The van der Waals surface area contributed by atoms with Gasteiger partial charge in [-0.25, -0.2) is 8.42 Å². The molecule has 2 heterocycles. The van der Waals surface area contributed by atoms with E-state index in [1.165, 1.54) is 19.2 Å². The van der Waals surface area contributed by atoms with E-state index in [-0.39, 0.29) is 34.8 Å². The average Bonchev–Trinajstić information content (AvgIpc) is 2.75. The lowest BCUT2D eigenvalue weighted by molar-refractivity contribution is -0.384. The molecule has 0 aliphatic carbocycles. The largest absolute Gasteiger partial charge is 0.481 e. The normalized spacial score (nSPS) is 20.6. The van der Waals surface area contributed by atoms with E-state index in [4.69, 9.17) is 4.74 Å². The lowest BCUT2D eigenvalue weighted by atomic mass is 10.1. The van der Waals surface area contributed by atoms with E-state index in [9.17, 15) is 18.5 Å². The predicted molar refractivity (Wildman–Crippen MR) is 72.7 cm³/mol. The Bertz CT molecular complexity index is 616. The maximum atomic E-state index is 11.4. The van der Waals surface area contributed by atoms with Crippen LogP contribution in [0.4, 0.5) is 11.5 Å². The van der Waals surface area contributed by atoms with E-state index in [2.05, 4.69) is 10.3 Å². The number of nitrogens with zero attached hydrogens (tertiary/aromatic N) is 2. The summed E-state index contributed by atoms with van der Waals surface area (Å²) in [6.07, 6.45) is 0.563. The van der Waals surface area contributed by atoms with Gasteiger partial charge in [0.1, 0.15) is 0 Å². The zero-order valence-corrected chi connectivity index (χ0v) is 11.7. The molecule has 9 heteroatoms. The number of methoxy groups -OCH3 is 1. The van der Waals surface area contributed by atoms with Crippen molar-refractivity contribution in [3.8, 4) is 5.88 Å². The molecule has 1 aliphatic heterocycles. The summed E-state index contributed by atoms with van der Waals surface area (Å²) >= 11 is 0. The van der Waals surface area contributed by atoms with Gasteiger partial charge in [-0.05, 0) is 12.3 Å². The Kier molecular flexibility index (Phi) is 4.07. The minimum absolute atomic E-state index is 0.0485. The second-order valence-electron chi connectivity index (χ2n) is 4.63. The smallest absolute Gasteiger partial charge is 0.311 e. The Morgan fingerprint density at radius 2 is 2.30 bits per heavy atom. The van der Waals surface area contributed by atoms with Crippen LogP contribution in [0.15, 0.2) is 12.1 Å². The van der Waals surface area contributed by atoms with Crippen molar-refractivity contribution in [3.63, 3.8) is 0 Å². The van der Waals surface area contributed by atoms with Crippen molar-refractivity contribution in [1.82, 2.24) is 4.98 Å². The summed E-state index contributed by atoms with van der Waals surface area (Å²) in [4.78, 5) is 14.4. The summed E-state index contributed by atoms with van der Waals surface area (Å²) in [6.45, 7) is 0.334. The number of rotatable bonds is 5. The van der Waals surface area contributed by atoms with Crippen molar-refractivity contribution >= 4 is 21.3 Å². The van der Waals surface area contributed by atoms with E-state index >= 15 is 0 Å². The molecule has 0 spiro atoms. The Hall–Kier alpha value is -1.90. The molecular weight excluding hydrogens is 286 g/mol. The van der Waals surface area contributed by atoms with Crippen LogP contribution in [0.25, 0.3) is 0 Å². The van der Waals surface area contributed by atoms with Crippen LogP contribution in [0, 0.1) is 16.0 Å². The quantitative estimate of drug-likeness (QED) is 0.633. The Morgan fingerprint density at radius 3 is 2.85 bits per heavy atom. The van der Waals surface area contributed by atoms with E-state index < -0.39 is 14.8 Å². The first kappa shape index (κ1) is 14.5. The molecule has 0 amide bonds. The monoisotopic (exact) mass is 301 g/mol. The van der Waals surface area contributed by atoms with Crippen LogP contribution in [-0.2, 0) is 9.84 Å². The van der Waals surface area contributed by atoms with Crippen LogP contribution in [0.2, 0.25) is 0 Å². The van der Waals surface area contributed by atoms with E-state index in [1.54, 1.807) is 0 Å². The summed E-state index contributed by atoms with van der Waals surface area (Å²) < 4.78 is 27.6. The van der Waals surface area contributed by atoms with Gasteiger partial charge in [0, 0.05) is 18.7 Å². The van der Waals surface area contributed by atoms with Gasteiger partial charge in [0.2, 0.25) is 11.7 Å². The molecule has 8 nitrogen and oxygen atoms in total. The van der Waals surface area contributed by atoms with Crippen molar-refractivity contribution in [2.45, 2.75) is 6.42 Å². The highest BCUT2D eigenvalue weighted by molar-refractivity contribution is 7.91. The van der Waals surface area contributed by atoms with Gasteiger partial charge < -0.3 is 10.1 Å². The number of ether oxygens (including phenoxy) is 1. The molecule has 1 aliphatic rings. The first-order valence-corrected chi connectivity index (χ1v) is 7.87. The maximum Gasteiger partial charge on any atom is 0.311 e. The standard InChI is InChI=1S/C11H15N3O5S/c1-19-10-3-2-9(14(15)16)11(13-10)12-6-8-4-5-20(17,18)7-8/h2-3,8H,4-7H2,1H3,(H,12,13). The van der Waals surface area contributed by atoms with Crippen molar-refractivity contribution in [1.29, 1.82) is 0 Å². The van der Waals surface area contributed by atoms with Crippen LogP contribution in [0.1, 0.15) is 6.42 Å². The lowest BCUT2D eigenvalue weighted by Crippen LogP contribution is -2.17. The molecule has 110 valence electrons. The third kappa shape index (κ3) is 3.35. The highest BCUT2D eigenvalue weighted by atomic mass is 32.2. The van der Waals surface area contributed by atoms with E-state index in [0.717, 1.165) is 0 Å². The summed E-state index contributed by atoms with van der Waals surface area (Å²) in [7, 11) is -1.54. The number of hydrogen-bond donors (Lipinski definition) is 1. The average molecular weight is 301 g/mol. The second kappa shape index (κ2) is 5.61. The molecule has 1 aromatic rings. The minimum atomic E-state index is -2.96. The fraction of sp³-hybridized carbons (Fsp3) is 0.545. The number of nitro groups is 1. The molecule has 1 unspecified atom stereocenters. The van der Waals surface area contributed by atoms with Crippen molar-refractivity contribution in [3.05, 3.63) is 22.2 Å². The topological polar surface area (TPSA) is 111 Å². The summed E-state index contributed by atoms with van der Waals surface area (Å²) in [5.74, 6) is 0.591. The number of anilines is 1. The van der Waals surface area contributed by atoms with E-state index in [0.29, 0.717) is 13.0 Å². The van der Waals surface area contributed by atoms with Crippen molar-refractivity contribution in [2.75, 3.05) is 30.5 Å². The summed E-state index contributed by atoms with van der Waals surface area (Å²) in [6, 6.07) is 2.71. The third-order valence-electron chi connectivity index (χ3n) is 3.14. The fourth-order valence-corrected chi connectivity index (χ4v) is 3.96. The number of pyridine rings is 1. The third-order valence-corrected chi connectivity index (χ3v) is 4.98. The fourth-order valence-electron chi connectivity index (χ4n) is 2.10. The molecule has 0 saturated carbocycles. The molecule has 1 fully saturated rings.